The number of aliphatic hydroxyl groups excluding tert-OH is 2. The second-order valence-corrected chi connectivity index (χ2v) is 7.98. The topological polar surface area (TPSA) is 74.6 Å². The summed E-state index contributed by atoms with van der Waals surface area (Å²) in [5.41, 5.74) is 0.0815. The van der Waals surface area contributed by atoms with Crippen LogP contribution in [0.3, 0.4) is 0 Å². The highest BCUT2D eigenvalue weighted by atomic mass is 16.3. The lowest BCUT2D eigenvalue weighted by atomic mass is 9.63. The number of ketones is 1. The Morgan fingerprint density at radius 3 is 2.62 bits per heavy atom. The average molecular weight is 363 g/mol. The van der Waals surface area contributed by atoms with E-state index in [2.05, 4.69) is 6.92 Å². The van der Waals surface area contributed by atoms with E-state index in [4.69, 9.17) is 0 Å². The molecule has 2 rings (SSSR count). The van der Waals surface area contributed by atoms with Gasteiger partial charge in [-0.15, -0.1) is 0 Å². The summed E-state index contributed by atoms with van der Waals surface area (Å²) in [5, 5.41) is 20.7. The van der Waals surface area contributed by atoms with Gasteiger partial charge in [0.2, 0.25) is 0 Å². The molecule has 2 saturated carbocycles. The summed E-state index contributed by atoms with van der Waals surface area (Å²) in [7, 11) is 0. The second kappa shape index (κ2) is 10.2. The fraction of sp³-hybridized carbons (Fsp3) is 0.727. The molecule has 0 saturated heterocycles. The van der Waals surface area contributed by atoms with E-state index in [1.807, 2.05) is 24.3 Å². The molecule has 0 heterocycles. The van der Waals surface area contributed by atoms with E-state index in [1.165, 1.54) is 6.42 Å². The van der Waals surface area contributed by atoms with Crippen LogP contribution in [0.2, 0.25) is 0 Å². The van der Waals surface area contributed by atoms with Crippen molar-refractivity contribution in [3.8, 4) is 0 Å². The van der Waals surface area contributed by atoms with Crippen molar-refractivity contribution < 1.29 is 19.8 Å². The van der Waals surface area contributed by atoms with Crippen LogP contribution in [-0.2, 0) is 9.59 Å². The lowest BCUT2D eigenvalue weighted by molar-refractivity contribution is -0.121. The van der Waals surface area contributed by atoms with Gasteiger partial charge in [0.05, 0.1) is 12.2 Å². The first-order valence-electron chi connectivity index (χ1n) is 10.2. The van der Waals surface area contributed by atoms with Crippen LogP contribution >= 0.6 is 0 Å². The summed E-state index contributed by atoms with van der Waals surface area (Å²) < 4.78 is 0. The Labute approximate surface area is 157 Å². The van der Waals surface area contributed by atoms with Crippen LogP contribution in [0.15, 0.2) is 24.3 Å². The van der Waals surface area contributed by atoms with E-state index < -0.39 is 6.10 Å². The number of aldehydes is 1. The fourth-order valence-electron chi connectivity index (χ4n) is 4.37. The number of carbonyl (C=O) groups excluding carboxylic acids is 2. The molecule has 0 amide bonds. The number of unbranched alkanes of at least 4 members (excludes halogenated alkanes) is 2. The minimum absolute atomic E-state index is 0.0815. The largest absolute Gasteiger partial charge is 0.392 e. The van der Waals surface area contributed by atoms with E-state index in [-0.39, 0.29) is 35.6 Å². The Bertz CT molecular complexity index is 513. The first kappa shape index (κ1) is 21.0. The van der Waals surface area contributed by atoms with E-state index in [9.17, 15) is 19.8 Å². The predicted octanol–water partition coefficient (Wildman–Crippen LogP) is 3.76. The van der Waals surface area contributed by atoms with Gasteiger partial charge in [-0.1, -0.05) is 37.6 Å². The Morgan fingerprint density at radius 1 is 1.23 bits per heavy atom. The summed E-state index contributed by atoms with van der Waals surface area (Å²) in [4.78, 5) is 22.5. The lowest BCUT2D eigenvalue weighted by Crippen LogP contribution is -2.40. The molecule has 4 heteroatoms. The van der Waals surface area contributed by atoms with Gasteiger partial charge in [0.1, 0.15) is 12.1 Å². The molecule has 2 unspecified atom stereocenters. The highest BCUT2D eigenvalue weighted by Crippen LogP contribution is 2.47. The van der Waals surface area contributed by atoms with Gasteiger partial charge in [0.15, 0.2) is 0 Å². The normalized spacial score (nSPS) is 29.3. The van der Waals surface area contributed by atoms with Crippen molar-refractivity contribution in [3.05, 3.63) is 24.3 Å². The highest BCUT2D eigenvalue weighted by molar-refractivity contribution is 5.84. The monoisotopic (exact) mass is 362 g/mol. The maximum Gasteiger partial charge on any atom is 0.139 e. The number of hydrogen-bond acceptors (Lipinski definition) is 4. The summed E-state index contributed by atoms with van der Waals surface area (Å²) in [6, 6.07) is 0. The molecule has 0 aromatic rings. The molecule has 0 bridgehead atoms. The minimum atomic E-state index is -0.617. The first-order valence-corrected chi connectivity index (χ1v) is 10.2. The predicted molar refractivity (Wildman–Crippen MR) is 103 cm³/mol. The van der Waals surface area contributed by atoms with Crippen LogP contribution < -0.4 is 0 Å². The van der Waals surface area contributed by atoms with Gasteiger partial charge >= 0.3 is 0 Å². The van der Waals surface area contributed by atoms with Crippen molar-refractivity contribution >= 4 is 12.1 Å². The zero-order chi connectivity index (χ0) is 19.0. The van der Waals surface area contributed by atoms with Gasteiger partial charge in [-0.3, -0.25) is 4.79 Å². The summed E-state index contributed by atoms with van der Waals surface area (Å²) in [6.45, 7) is 2.14. The molecule has 4 atom stereocenters. The second-order valence-electron chi connectivity index (χ2n) is 7.98. The summed E-state index contributed by atoms with van der Waals surface area (Å²) in [5.74, 6) is -0.216. The molecule has 0 aromatic heterocycles. The third-order valence-corrected chi connectivity index (χ3v) is 6.46. The van der Waals surface area contributed by atoms with Crippen LogP contribution in [0.25, 0.3) is 0 Å². The van der Waals surface area contributed by atoms with Crippen LogP contribution in [0.5, 0.6) is 0 Å². The molecule has 2 fully saturated rings. The third-order valence-electron chi connectivity index (χ3n) is 6.46. The summed E-state index contributed by atoms with van der Waals surface area (Å²) >= 11 is 0. The number of rotatable bonds is 11. The number of carbonyl (C=O) groups is 2. The molecule has 2 N–H and O–H groups in total. The van der Waals surface area contributed by atoms with E-state index in [0.717, 1.165) is 38.4 Å². The molecule has 4 nitrogen and oxygen atoms in total. The molecule has 0 spiro atoms. The molecule has 2 aliphatic rings. The number of aliphatic hydroxyl groups is 2. The molecule has 26 heavy (non-hydrogen) atoms. The smallest absolute Gasteiger partial charge is 0.139 e. The summed E-state index contributed by atoms with van der Waals surface area (Å²) in [6.07, 6.45) is 16.0. The molecule has 0 radical (unpaired) electrons. The molecule has 0 aromatic carbocycles. The Balaban J connectivity index is 1.86. The molecule has 2 aliphatic carbocycles. The van der Waals surface area contributed by atoms with Gasteiger partial charge in [-0.05, 0) is 50.4 Å². The molecular formula is C22H34O4. The minimum Gasteiger partial charge on any atom is -0.392 e. The van der Waals surface area contributed by atoms with E-state index in [0.29, 0.717) is 19.3 Å². The van der Waals surface area contributed by atoms with Gasteiger partial charge in [-0.25, -0.2) is 0 Å². The van der Waals surface area contributed by atoms with Crippen LogP contribution in [0, 0.1) is 17.3 Å². The van der Waals surface area contributed by atoms with Crippen LogP contribution in [-0.4, -0.2) is 34.5 Å². The van der Waals surface area contributed by atoms with Crippen LogP contribution in [0.4, 0.5) is 0 Å². The van der Waals surface area contributed by atoms with Gasteiger partial charge in [-0.2, -0.15) is 0 Å². The zero-order valence-electron chi connectivity index (χ0n) is 16.0. The van der Waals surface area contributed by atoms with Crippen molar-refractivity contribution in [1.82, 2.24) is 0 Å². The van der Waals surface area contributed by atoms with Gasteiger partial charge in [0.25, 0.3) is 0 Å². The zero-order valence-corrected chi connectivity index (χ0v) is 16.0. The lowest BCUT2D eigenvalue weighted by Gasteiger charge is -2.45. The molecule has 0 aliphatic heterocycles. The maximum absolute atomic E-state index is 12.2. The Kier molecular flexibility index (Phi) is 8.23. The van der Waals surface area contributed by atoms with Gasteiger partial charge in [0, 0.05) is 24.7 Å². The van der Waals surface area contributed by atoms with Crippen molar-refractivity contribution in [1.29, 1.82) is 0 Å². The maximum atomic E-state index is 12.2. The fourth-order valence-corrected chi connectivity index (χ4v) is 4.37. The van der Waals surface area contributed by atoms with Crippen molar-refractivity contribution in [2.75, 3.05) is 0 Å². The van der Waals surface area contributed by atoms with Crippen molar-refractivity contribution in [2.45, 2.75) is 83.3 Å². The highest BCUT2D eigenvalue weighted by Gasteiger charge is 2.41. The number of hydrogen-bond donors (Lipinski definition) is 2. The van der Waals surface area contributed by atoms with Gasteiger partial charge < -0.3 is 15.0 Å². The number of Topliss-reactive ketones (excluding diaryl/α,β-unsaturated/α-hetero) is 1. The quantitative estimate of drug-likeness (QED) is 0.333. The first-order chi connectivity index (χ1) is 12.5. The standard InChI is InChI=1S/C22H34O4/c1-2-22(13-9-14-22)21(26)12-8-11-18-17(19(24)16-20(18)25)10-6-4-3-5-7-15-23/h4,6,8,11,15,17-18,20-21,25-26H,2-3,5,7,9-10,12-14,16H2,1H3/b6-4-,11-8+/t17-,18?,20-,21?/m1/s1. The van der Waals surface area contributed by atoms with Crippen molar-refractivity contribution in [2.24, 2.45) is 17.3 Å². The molecule has 146 valence electrons. The third kappa shape index (κ3) is 5.14. The Morgan fingerprint density at radius 2 is 2.00 bits per heavy atom. The number of allylic oxidation sites excluding steroid dienone is 2. The van der Waals surface area contributed by atoms with Crippen LogP contribution in [0.1, 0.15) is 71.1 Å². The molecular weight excluding hydrogens is 328 g/mol. The Hall–Kier alpha value is -1.26. The average Bonchev–Trinajstić information content (AvgIpc) is 2.84. The van der Waals surface area contributed by atoms with E-state index >= 15 is 0 Å². The van der Waals surface area contributed by atoms with Crippen molar-refractivity contribution in [3.63, 3.8) is 0 Å². The van der Waals surface area contributed by atoms with E-state index in [1.54, 1.807) is 0 Å². The SMILES string of the molecule is CCC1(C(O)C/C=C/C2[C@H](O)CC(=O)[C@@H]2C/C=C\CCCC=O)CCC1.